The molecule has 0 unspecified atom stereocenters. The van der Waals surface area contributed by atoms with Crippen LogP contribution in [0.5, 0.6) is 0 Å². The Labute approximate surface area is 107 Å². The largest absolute Gasteiger partial charge is 0.374 e. The highest BCUT2D eigenvalue weighted by atomic mass is 14.8. The lowest BCUT2D eigenvalue weighted by Crippen LogP contribution is -1.98. The Morgan fingerprint density at radius 1 is 0.944 bits per heavy atom. The Bertz CT molecular complexity index is 613. The zero-order valence-electron chi connectivity index (χ0n) is 9.85. The number of hydrogen-bond acceptors (Lipinski definition) is 2. The number of nitrogens with zero attached hydrogens (tertiary/aromatic N) is 1. The van der Waals surface area contributed by atoms with E-state index in [4.69, 9.17) is 5.26 Å². The summed E-state index contributed by atoms with van der Waals surface area (Å²) in [6.45, 7) is 0.559. The molecule has 0 bridgehead atoms. The summed E-state index contributed by atoms with van der Waals surface area (Å²) in [6, 6.07) is 19.3. The minimum Gasteiger partial charge on any atom is -0.374 e. The van der Waals surface area contributed by atoms with Crippen LogP contribution in [0.25, 0.3) is 0 Å². The van der Waals surface area contributed by atoms with Gasteiger partial charge in [0, 0.05) is 11.3 Å². The molecule has 0 aromatic heterocycles. The van der Waals surface area contributed by atoms with E-state index >= 15 is 0 Å². The first kappa shape index (κ1) is 11.8. The van der Waals surface area contributed by atoms with Crippen molar-refractivity contribution in [1.82, 2.24) is 0 Å². The molecule has 18 heavy (non-hydrogen) atoms. The van der Waals surface area contributed by atoms with Crippen molar-refractivity contribution in [2.45, 2.75) is 0 Å². The predicted molar refractivity (Wildman–Crippen MR) is 73.0 cm³/mol. The zero-order chi connectivity index (χ0) is 12.6. The monoisotopic (exact) mass is 232 g/mol. The molecular formula is C16H12N2. The molecule has 1 N–H and O–H groups in total. The molecule has 0 saturated heterocycles. The second kappa shape index (κ2) is 6.13. The summed E-state index contributed by atoms with van der Waals surface area (Å²) in [5.41, 5.74) is 2.57. The van der Waals surface area contributed by atoms with Gasteiger partial charge in [-0.25, -0.2) is 0 Å². The Morgan fingerprint density at radius 3 is 2.50 bits per heavy atom. The second-order valence-corrected chi connectivity index (χ2v) is 3.71. The van der Waals surface area contributed by atoms with Crippen LogP contribution in [0.1, 0.15) is 11.1 Å². The minimum atomic E-state index is 0.559. The molecule has 2 rings (SSSR count). The van der Waals surface area contributed by atoms with Crippen LogP contribution < -0.4 is 5.32 Å². The van der Waals surface area contributed by atoms with Gasteiger partial charge in [-0.3, -0.25) is 0 Å². The summed E-state index contributed by atoms with van der Waals surface area (Å²) in [5, 5.41) is 11.9. The second-order valence-electron chi connectivity index (χ2n) is 3.71. The van der Waals surface area contributed by atoms with Crippen molar-refractivity contribution < 1.29 is 0 Å². The third-order valence-electron chi connectivity index (χ3n) is 2.38. The van der Waals surface area contributed by atoms with Gasteiger partial charge in [-0.05, 0) is 30.3 Å². The Balaban J connectivity index is 1.93. The van der Waals surface area contributed by atoms with E-state index in [2.05, 4.69) is 23.2 Å². The van der Waals surface area contributed by atoms with Gasteiger partial charge < -0.3 is 5.32 Å². The molecule has 2 nitrogen and oxygen atoms in total. The average molecular weight is 232 g/mol. The number of benzene rings is 2. The van der Waals surface area contributed by atoms with E-state index in [0.29, 0.717) is 12.1 Å². The van der Waals surface area contributed by atoms with Gasteiger partial charge in [0.2, 0.25) is 0 Å². The summed E-state index contributed by atoms with van der Waals surface area (Å²) in [4.78, 5) is 0. The predicted octanol–water partition coefficient (Wildman–Crippen LogP) is 3.02. The lowest BCUT2D eigenvalue weighted by molar-refractivity contribution is 1.37. The Morgan fingerprint density at radius 2 is 1.72 bits per heavy atom. The molecule has 0 saturated carbocycles. The lowest BCUT2D eigenvalue weighted by atomic mass is 10.2. The normalized spacial score (nSPS) is 8.83. The van der Waals surface area contributed by atoms with Crippen molar-refractivity contribution in [3.05, 3.63) is 65.7 Å². The van der Waals surface area contributed by atoms with Crippen LogP contribution in [0, 0.1) is 23.2 Å². The third kappa shape index (κ3) is 3.40. The molecule has 0 fully saturated rings. The van der Waals surface area contributed by atoms with Crippen molar-refractivity contribution in [2.75, 3.05) is 11.9 Å². The van der Waals surface area contributed by atoms with Gasteiger partial charge in [-0.1, -0.05) is 36.1 Å². The lowest BCUT2D eigenvalue weighted by Gasteiger charge is -2.01. The summed E-state index contributed by atoms with van der Waals surface area (Å²) >= 11 is 0. The first-order valence-electron chi connectivity index (χ1n) is 5.66. The molecule has 0 radical (unpaired) electrons. The van der Waals surface area contributed by atoms with Crippen LogP contribution in [-0.4, -0.2) is 6.54 Å². The summed E-state index contributed by atoms with van der Waals surface area (Å²) < 4.78 is 0. The number of anilines is 1. The molecule has 0 aliphatic heterocycles. The molecule has 2 aromatic rings. The highest BCUT2D eigenvalue weighted by Gasteiger charge is 1.92. The number of nitrogens with one attached hydrogen (secondary N) is 1. The van der Waals surface area contributed by atoms with Gasteiger partial charge in [0.15, 0.2) is 0 Å². The van der Waals surface area contributed by atoms with Gasteiger partial charge in [0.1, 0.15) is 0 Å². The van der Waals surface area contributed by atoms with Gasteiger partial charge in [0.25, 0.3) is 0 Å². The van der Waals surface area contributed by atoms with E-state index in [9.17, 15) is 0 Å². The molecule has 0 heterocycles. The summed E-state index contributed by atoms with van der Waals surface area (Å²) in [5.74, 6) is 6.11. The Hall–Kier alpha value is -2.71. The maximum Gasteiger partial charge on any atom is 0.0992 e. The van der Waals surface area contributed by atoms with E-state index in [1.807, 2.05) is 48.5 Å². The van der Waals surface area contributed by atoms with E-state index < -0.39 is 0 Å². The van der Waals surface area contributed by atoms with Crippen LogP contribution in [0.2, 0.25) is 0 Å². The van der Waals surface area contributed by atoms with E-state index in [1.54, 1.807) is 6.07 Å². The summed E-state index contributed by atoms with van der Waals surface area (Å²) in [7, 11) is 0. The SMILES string of the molecule is N#Cc1cccc(NCC#Cc2ccccc2)c1. The van der Waals surface area contributed by atoms with Crippen LogP contribution in [0.3, 0.4) is 0 Å². The van der Waals surface area contributed by atoms with Crippen molar-refractivity contribution in [3.63, 3.8) is 0 Å². The molecule has 0 aliphatic carbocycles. The standard InChI is InChI=1S/C16H12N2/c17-13-15-8-4-10-16(12-15)18-11-5-9-14-6-2-1-3-7-14/h1-4,6-8,10,12,18H,11H2. The molecule has 86 valence electrons. The molecule has 0 spiro atoms. The molecule has 0 atom stereocenters. The molecular weight excluding hydrogens is 220 g/mol. The molecule has 2 heteroatoms. The smallest absolute Gasteiger partial charge is 0.0992 e. The molecule has 0 aliphatic rings. The van der Waals surface area contributed by atoms with Crippen LogP contribution in [-0.2, 0) is 0 Å². The fourth-order valence-corrected chi connectivity index (χ4v) is 1.51. The van der Waals surface area contributed by atoms with E-state index in [1.165, 1.54) is 0 Å². The van der Waals surface area contributed by atoms with E-state index in [-0.39, 0.29) is 0 Å². The summed E-state index contributed by atoms with van der Waals surface area (Å²) in [6.07, 6.45) is 0. The van der Waals surface area contributed by atoms with Crippen LogP contribution in [0.4, 0.5) is 5.69 Å². The fraction of sp³-hybridized carbons (Fsp3) is 0.0625. The van der Waals surface area contributed by atoms with Gasteiger partial charge in [-0.2, -0.15) is 5.26 Å². The van der Waals surface area contributed by atoms with Gasteiger partial charge in [-0.15, -0.1) is 0 Å². The fourth-order valence-electron chi connectivity index (χ4n) is 1.51. The molecule has 0 amide bonds. The molecule has 2 aromatic carbocycles. The number of nitriles is 1. The van der Waals surface area contributed by atoms with Crippen molar-refractivity contribution in [1.29, 1.82) is 5.26 Å². The topological polar surface area (TPSA) is 35.8 Å². The minimum absolute atomic E-state index is 0.559. The average Bonchev–Trinajstić information content (AvgIpc) is 2.45. The van der Waals surface area contributed by atoms with Crippen molar-refractivity contribution in [3.8, 4) is 17.9 Å². The maximum atomic E-state index is 8.78. The van der Waals surface area contributed by atoms with Crippen LogP contribution >= 0.6 is 0 Å². The van der Waals surface area contributed by atoms with Crippen LogP contribution in [0.15, 0.2) is 54.6 Å². The van der Waals surface area contributed by atoms with Crippen molar-refractivity contribution in [2.24, 2.45) is 0 Å². The zero-order valence-corrected chi connectivity index (χ0v) is 9.85. The Kier molecular flexibility index (Phi) is 4.01. The highest BCUT2D eigenvalue weighted by Crippen LogP contribution is 2.08. The maximum absolute atomic E-state index is 8.78. The first-order chi connectivity index (χ1) is 8.88. The van der Waals surface area contributed by atoms with E-state index in [0.717, 1.165) is 11.3 Å². The number of hydrogen-bond donors (Lipinski definition) is 1. The van der Waals surface area contributed by atoms with Crippen molar-refractivity contribution >= 4 is 5.69 Å². The highest BCUT2D eigenvalue weighted by molar-refractivity contribution is 5.50. The first-order valence-corrected chi connectivity index (χ1v) is 5.66. The quantitative estimate of drug-likeness (QED) is 0.808. The number of rotatable bonds is 2. The third-order valence-corrected chi connectivity index (χ3v) is 2.38. The van der Waals surface area contributed by atoms with Gasteiger partial charge >= 0.3 is 0 Å². The van der Waals surface area contributed by atoms with Gasteiger partial charge in [0.05, 0.1) is 18.2 Å².